The van der Waals surface area contributed by atoms with Crippen molar-refractivity contribution in [3.8, 4) is 0 Å². The van der Waals surface area contributed by atoms with Gasteiger partial charge in [-0.05, 0) is 32.9 Å². The molecule has 0 saturated carbocycles. The molecule has 0 aromatic rings. The van der Waals surface area contributed by atoms with Crippen molar-refractivity contribution in [3.63, 3.8) is 0 Å². The highest BCUT2D eigenvalue weighted by Gasteiger charge is 2.27. The van der Waals surface area contributed by atoms with Gasteiger partial charge in [-0.1, -0.05) is 0 Å². The van der Waals surface area contributed by atoms with E-state index in [9.17, 15) is 4.79 Å². The summed E-state index contributed by atoms with van der Waals surface area (Å²) in [5.41, 5.74) is 5.87. The van der Waals surface area contributed by atoms with Crippen LogP contribution in [0.2, 0.25) is 0 Å². The second-order valence-corrected chi connectivity index (χ2v) is 3.35. The smallest absolute Gasteiger partial charge is 0.310 e. The number of hydrogen-bond donors (Lipinski definition) is 2. The quantitative estimate of drug-likeness (QED) is 0.590. The predicted molar refractivity (Wildman–Crippen MR) is 50.2 cm³/mol. The molecular formula is C9H18N2O2. The van der Waals surface area contributed by atoms with Crippen molar-refractivity contribution in [2.75, 3.05) is 19.7 Å². The molecule has 4 heteroatoms. The van der Waals surface area contributed by atoms with Crippen LogP contribution in [0.4, 0.5) is 0 Å². The highest BCUT2D eigenvalue weighted by Crippen LogP contribution is 2.14. The molecule has 0 radical (unpaired) electrons. The number of esters is 1. The molecule has 1 fully saturated rings. The summed E-state index contributed by atoms with van der Waals surface area (Å²) >= 11 is 0. The van der Waals surface area contributed by atoms with Crippen LogP contribution >= 0.6 is 0 Å². The van der Waals surface area contributed by atoms with Gasteiger partial charge in [-0.2, -0.15) is 0 Å². The summed E-state index contributed by atoms with van der Waals surface area (Å²) < 4.78 is 4.96. The van der Waals surface area contributed by atoms with Crippen molar-refractivity contribution in [2.45, 2.75) is 25.8 Å². The lowest BCUT2D eigenvalue weighted by molar-refractivity contribution is -0.148. The zero-order valence-corrected chi connectivity index (χ0v) is 8.08. The summed E-state index contributed by atoms with van der Waals surface area (Å²) in [6, 6.07) is -0.0472. The van der Waals surface area contributed by atoms with Crippen molar-refractivity contribution < 1.29 is 9.53 Å². The van der Waals surface area contributed by atoms with E-state index < -0.39 is 0 Å². The van der Waals surface area contributed by atoms with Crippen molar-refractivity contribution in [2.24, 2.45) is 11.7 Å². The summed E-state index contributed by atoms with van der Waals surface area (Å²) in [6.45, 7) is 4.02. The maximum Gasteiger partial charge on any atom is 0.310 e. The van der Waals surface area contributed by atoms with Crippen LogP contribution in [0.15, 0.2) is 0 Å². The number of nitrogens with two attached hydrogens (primary N) is 1. The topological polar surface area (TPSA) is 64.3 Å². The molecule has 0 aromatic carbocycles. The normalized spacial score (nSPS) is 29.4. The fourth-order valence-corrected chi connectivity index (χ4v) is 1.61. The molecule has 0 aromatic heterocycles. The van der Waals surface area contributed by atoms with Gasteiger partial charge >= 0.3 is 5.97 Å². The lowest BCUT2D eigenvalue weighted by Gasteiger charge is -2.18. The second kappa shape index (κ2) is 5.19. The zero-order chi connectivity index (χ0) is 9.68. The Hall–Kier alpha value is -0.610. The van der Waals surface area contributed by atoms with E-state index in [0.717, 1.165) is 25.9 Å². The molecule has 4 nitrogen and oxygen atoms in total. The molecule has 2 atom stereocenters. The van der Waals surface area contributed by atoms with Crippen LogP contribution in [-0.4, -0.2) is 31.7 Å². The maximum atomic E-state index is 11.4. The summed E-state index contributed by atoms with van der Waals surface area (Å²) in [5.74, 6) is -0.256. The van der Waals surface area contributed by atoms with Crippen molar-refractivity contribution >= 4 is 5.97 Å². The SMILES string of the molecule is CCOC(=O)C1CCNCCC1N. The Bertz CT molecular complexity index is 173. The molecule has 3 N–H and O–H groups in total. The highest BCUT2D eigenvalue weighted by atomic mass is 16.5. The average Bonchev–Trinajstić information content (AvgIpc) is 2.30. The number of rotatable bonds is 2. The van der Waals surface area contributed by atoms with Crippen molar-refractivity contribution in [1.29, 1.82) is 0 Å². The Balaban J connectivity index is 2.48. The fraction of sp³-hybridized carbons (Fsp3) is 0.889. The summed E-state index contributed by atoms with van der Waals surface area (Å²) in [4.78, 5) is 11.4. The summed E-state index contributed by atoms with van der Waals surface area (Å²) in [6.07, 6.45) is 1.64. The molecule has 2 unspecified atom stereocenters. The monoisotopic (exact) mass is 186 g/mol. The molecule has 0 aliphatic carbocycles. The van der Waals surface area contributed by atoms with Crippen LogP contribution in [0.5, 0.6) is 0 Å². The Kier molecular flexibility index (Phi) is 4.18. The summed E-state index contributed by atoms with van der Waals surface area (Å²) in [5, 5.41) is 3.22. The molecule has 13 heavy (non-hydrogen) atoms. The predicted octanol–water partition coefficient (Wildman–Crippen LogP) is -0.124. The lowest BCUT2D eigenvalue weighted by Crippen LogP contribution is -2.36. The molecule has 0 bridgehead atoms. The number of carbonyl (C=O) groups excluding carboxylic acids is 1. The van der Waals surface area contributed by atoms with Gasteiger partial charge in [0, 0.05) is 6.04 Å². The van der Waals surface area contributed by atoms with E-state index in [1.807, 2.05) is 6.92 Å². The third-order valence-electron chi connectivity index (χ3n) is 2.39. The van der Waals surface area contributed by atoms with Gasteiger partial charge < -0.3 is 15.8 Å². The molecule has 0 spiro atoms. The minimum atomic E-state index is -0.140. The van der Waals surface area contributed by atoms with Gasteiger partial charge in [-0.3, -0.25) is 4.79 Å². The van der Waals surface area contributed by atoms with Crippen LogP contribution in [0.1, 0.15) is 19.8 Å². The Morgan fingerprint density at radius 1 is 1.54 bits per heavy atom. The minimum Gasteiger partial charge on any atom is -0.466 e. The summed E-state index contributed by atoms with van der Waals surface area (Å²) in [7, 11) is 0. The van der Waals surface area contributed by atoms with Gasteiger partial charge in [0.05, 0.1) is 12.5 Å². The van der Waals surface area contributed by atoms with E-state index in [-0.39, 0.29) is 17.9 Å². The van der Waals surface area contributed by atoms with Crippen LogP contribution in [-0.2, 0) is 9.53 Å². The minimum absolute atomic E-state index is 0.0472. The first-order chi connectivity index (χ1) is 6.25. The molecule has 1 saturated heterocycles. The molecular weight excluding hydrogens is 168 g/mol. The van der Waals surface area contributed by atoms with E-state index in [1.165, 1.54) is 0 Å². The Morgan fingerprint density at radius 2 is 2.23 bits per heavy atom. The van der Waals surface area contributed by atoms with Crippen molar-refractivity contribution in [3.05, 3.63) is 0 Å². The molecule has 1 heterocycles. The second-order valence-electron chi connectivity index (χ2n) is 3.35. The lowest BCUT2D eigenvalue weighted by atomic mass is 9.96. The molecule has 1 aliphatic heterocycles. The maximum absolute atomic E-state index is 11.4. The highest BCUT2D eigenvalue weighted by molar-refractivity contribution is 5.73. The van der Waals surface area contributed by atoms with E-state index >= 15 is 0 Å². The van der Waals surface area contributed by atoms with E-state index in [0.29, 0.717) is 6.61 Å². The first kappa shape index (κ1) is 10.5. The third kappa shape index (κ3) is 2.97. The van der Waals surface area contributed by atoms with E-state index in [2.05, 4.69) is 5.32 Å². The zero-order valence-electron chi connectivity index (χ0n) is 8.08. The van der Waals surface area contributed by atoms with Crippen LogP contribution in [0, 0.1) is 5.92 Å². The number of nitrogens with one attached hydrogen (secondary N) is 1. The number of hydrogen-bond acceptors (Lipinski definition) is 4. The van der Waals surface area contributed by atoms with Gasteiger partial charge in [0.2, 0.25) is 0 Å². The first-order valence-electron chi connectivity index (χ1n) is 4.88. The molecule has 1 rings (SSSR count). The Morgan fingerprint density at radius 3 is 2.92 bits per heavy atom. The average molecular weight is 186 g/mol. The largest absolute Gasteiger partial charge is 0.466 e. The molecule has 1 aliphatic rings. The third-order valence-corrected chi connectivity index (χ3v) is 2.39. The fourth-order valence-electron chi connectivity index (χ4n) is 1.61. The molecule has 0 amide bonds. The van der Waals surface area contributed by atoms with Crippen molar-refractivity contribution in [1.82, 2.24) is 5.32 Å². The van der Waals surface area contributed by atoms with Crippen LogP contribution in [0.25, 0.3) is 0 Å². The standard InChI is InChI=1S/C9H18N2O2/c1-2-13-9(12)7-3-5-11-6-4-8(7)10/h7-8,11H,2-6,10H2,1H3. The van der Waals surface area contributed by atoms with Crippen LogP contribution < -0.4 is 11.1 Å². The van der Waals surface area contributed by atoms with Gasteiger partial charge in [-0.15, -0.1) is 0 Å². The van der Waals surface area contributed by atoms with Gasteiger partial charge in [-0.25, -0.2) is 0 Å². The molecule has 76 valence electrons. The van der Waals surface area contributed by atoms with E-state index in [4.69, 9.17) is 10.5 Å². The van der Waals surface area contributed by atoms with Gasteiger partial charge in [0.1, 0.15) is 0 Å². The number of ether oxygens (including phenoxy) is 1. The van der Waals surface area contributed by atoms with Gasteiger partial charge in [0.15, 0.2) is 0 Å². The van der Waals surface area contributed by atoms with Gasteiger partial charge in [0.25, 0.3) is 0 Å². The van der Waals surface area contributed by atoms with Crippen LogP contribution in [0.3, 0.4) is 0 Å². The Labute approximate surface area is 78.8 Å². The first-order valence-corrected chi connectivity index (χ1v) is 4.88. The number of carbonyl (C=O) groups is 1. The van der Waals surface area contributed by atoms with E-state index in [1.54, 1.807) is 0 Å².